The molecule has 0 spiro atoms. The maximum absolute atomic E-state index is 13.7. The highest BCUT2D eigenvalue weighted by molar-refractivity contribution is 6.30. The number of nitrogens with one attached hydrogen (secondary N) is 1. The van der Waals surface area contributed by atoms with E-state index in [4.69, 9.17) is 16.7 Å². The summed E-state index contributed by atoms with van der Waals surface area (Å²) in [5.74, 6) is -1.30. The molecule has 0 aliphatic carbocycles. The largest absolute Gasteiger partial charge is 0.396 e. The number of nitrogens with zero attached hydrogens (tertiary/aromatic N) is 2. The molecule has 2 aromatic carbocycles. The molecule has 0 radical (unpaired) electrons. The number of rotatable bonds is 6. The van der Waals surface area contributed by atoms with Crippen molar-refractivity contribution < 1.29 is 14.3 Å². The average molecular weight is 416 g/mol. The highest BCUT2D eigenvalue weighted by Crippen LogP contribution is 2.20. The molecule has 0 saturated carbocycles. The van der Waals surface area contributed by atoms with Crippen LogP contribution in [0.1, 0.15) is 17.3 Å². The van der Waals surface area contributed by atoms with Crippen LogP contribution in [0.15, 0.2) is 59.4 Å². The first kappa shape index (κ1) is 20.7. The molecule has 1 aromatic heterocycles. The summed E-state index contributed by atoms with van der Waals surface area (Å²) in [5.41, 5.74) is 0.369. The number of aliphatic hydroxyl groups is 1. The van der Waals surface area contributed by atoms with E-state index in [2.05, 4.69) is 10.4 Å². The molecule has 0 aliphatic heterocycles. The van der Waals surface area contributed by atoms with Crippen molar-refractivity contribution in [3.63, 3.8) is 0 Å². The van der Waals surface area contributed by atoms with Crippen LogP contribution in [0.5, 0.6) is 0 Å². The van der Waals surface area contributed by atoms with E-state index in [9.17, 15) is 14.0 Å². The van der Waals surface area contributed by atoms with Crippen LogP contribution < -0.4 is 10.9 Å². The number of carbonyl (C=O) groups is 1. The van der Waals surface area contributed by atoms with E-state index < -0.39 is 17.3 Å². The Balaban J connectivity index is 2.12. The summed E-state index contributed by atoms with van der Waals surface area (Å²) in [6, 6.07) is 13.5. The van der Waals surface area contributed by atoms with E-state index >= 15 is 0 Å². The number of hydrogen-bond donors (Lipinski definition) is 2. The fraction of sp³-hybridized carbons (Fsp3) is 0.190. The quantitative estimate of drug-likeness (QED) is 0.648. The maximum atomic E-state index is 13.7. The summed E-state index contributed by atoms with van der Waals surface area (Å²) < 4.78 is 14.7. The summed E-state index contributed by atoms with van der Waals surface area (Å²) in [5, 5.41) is 16.6. The minimum atomic E-state index is -0.678. The van der Waals surface area contributed by atoms with Gasteiger partial charge in [0.05, 0.1) is 11.4 Å². The topological polar surface area (TPSA) is 84.2 Å². The SMILES string of the molecule is CC(CO)CNC(=O)c1cc(-c2ccc(Cl)cc2)nn(-c2cccc(F)c2)c1=O. The van der Waals surface area contributed by atoms with E-state index in [1.165, 1.54) is 24.3 Å². The van der Waals surface area contributed by atoms with E-state index in [1.807, 2.05) is 0 Å². The predicted molar refractivity (Wildman–Crippen MR) is 109 cm³/mol. The van der Waals surface area contributed by atoms with Gasteiger partial charge >= 0.3 is 0 Å². The van der Waals surface area contributed by atoms with Gasteiger partial charge in [-0.25, -0.2) is 4.39 Å². The highest BCUT2D eigenvalue weighted by atomic mass is 35.5. The lowest BCUT2D eigenvalue weighted by atomic mass is 10.1. The smallest absolute Gasteiger partial charge is 0.284 e. The van der Waals surface area contributed by atoms with Crippen molar-refractivity contribution in [3.05, 3.63) is 81.4 Å². The first-order valence-corrected chi connectivity index (χ1v) is 9.32. The fourth-order valence-electron chi connectivity index (χ4n) is 2.63. The first-order valence-electron chi connectivity index (χ1n) is 8.94. The van der Waals surface area contributed by atoms with Gasteiger partial charge < -0.3 is 10.4 Å². The third-order valence-electron chi connectivity index (χ3n) is 4.27. The van der Waals surface area contributed by atoms with Crippen molar-refractivity contribution in [1.82, 2.24) is 15.1 Å². The zero-order chi connectivity index (χ0) is 21.0. The summed E-state index contributed by atoms with van der Waals surface area (Å²) in [7, 11) is 0. The van der Waals surface area contributed by atoms with E-state index in [-0.39, 0.29) is 30.3 Å². The van der Waals surface area contributed by atoms with Crippen LogP contribution in [0.4, 0.5) is 4.39 Å². The van der Waals surface area contributed by atoms with Gasteiger partial charge in [-0.2, -0.15) is 9.78 Å². The zero-order valence-corrected chi connectivity index (χ0v) is 16.4. The molecule has 2 N–H and O–H groups in total. The van der Waals surface area contributed by atoms with Gasteiger partial charge in [0.15, 0.2) is 0 Å². The average Bonchev–Trinajstić information content (AvgIpc) is 2.72. The lowest BCUT2D eigenvalue weighted by Gasteiger charge is -2.13. The molecule has 29 heavy (non-hydrogen) atoms. The van der Waals surface area contributed by atoms with Gasteiger partial charge in [0.2, 0.25) is 0 Å². The molecule has 1 heterocycles. The van der Waals surface area contributed by atoms with Gasteiger partial charge in [-0.1, -0.05) is 36.7 Å². The Morgan fingerprint density at radius 2 is 1.97 bits per heavy atom. The Labute approximate surface area is 171 Å². The molecule has 0 bridgehead atoms. The maximum Gasteiger partial charge on any atom is 0.284 e. The van der Waals surface area contributed by atoms with Crippen LogP contribution in [0, 0.1) is 11.7 Å². The molecule has 0 aliphatic rings. The van der Waals surface area contributed by atoms with E-state index in [0.29, 0.717) is 16.3 Å². The molecule has 0 saturated heterocycles. The second-order valence-corrected chi connectivity index (χ2v) is 7.08. The monoisotopic (exact) mass is 415 g/mol. The second kappa shape index (κ2) is 8.98. The number of benzene rings is 2. The standard InChI is InChI=1S/C21H19ClFN3O3/c1-13(12-27)11-24-20(28)18-10-19(14-5-7-15(22)8-6-14)25-26(21(18)29)17-4-2-3-16(23)9-17/h2-10,13,27H,11-12H2,1H3,(H,24,28). The molecular formula is C21H19ClFN3O3. The molecular weight excluding hydrogens is 397 g/mol. The van der Waals surface area contributed by atoms with Crippen molar-refractivity contribution in [3.8, 4) is 16.9 Å². The van der Waals surface area contributed by atoms with Crippen LogP contribution in [-0.4, -0.2) is 33.9 Å². The molecule has 1 atom stereocenters. The molecule has 1 unspecified atom stereocenters. The third kappa shape index (κ3) is 4.88. The highest BCUT2D eigenvalue weighted by Gasteiger charge is 2.18. The summed E-state index contributed by atoms with van der Waals surface area (Å²) in [4.78, 5) is 25.6. The Bertz CT molecular complexity index is 1080. The molecule has 3 rings (SSSR count). The van der Waals surface area contributed by atoms with Gasteiger partial charge in [-0.15, -0.1) is 0 Å². The third-order valence-corrected chi connectivity index (χ3v) is 4.52. The normalized spacial score (nSPS) is 11.9. The number of amides is 1. The lowest BCUT2D eigenvalue weighted by Crippen LogP contribution is -2.36. The molecule has 1 amide bonds. The van der Waals surface area contributed by atoms with Crippen LogP contribution in [0.2, 0.25) is 5.02 Å². The van der Waals surface area contributed by atoms with Gasteiger partial charge in [0, 0.05) is 23.7 Å². The Kier molecular flexibility index (Phi) is 6.41. The van der Waals surface area contributed by atoms with Crippen molar-refractivity contribution in [2.75, 3.05) is 13.2 Å². The van der Waals surface area contributed by atoms with Crippen molar-refractivity contribution >= 4 is 17.5 Å². The molecule has 0 fully saturated rings. The van der Waals surface area contributed by atoms with Gasteiger partial charge in [0.25, 0.3) is 11.5 Å². The molecule has 8 heteroatoms. The molecule has 3 aromatic rings. The van der Waals surface area contributed by atoms with Gasteiger partial charge in [-0.05, 0) is 42.3 Å². The van der Waals surface area contributed by atoms with Crippen LogP contribution in [0.3, 0.4) is 0 Å². The summed E-state index contributed by atoms with van der Waals surface area (Å²) >= 11 is 5.93. The van der Waals surface area contributed by atoms with Crippen molar-refractivity contribution in [2.45, 2.75) is 6.92 Å². The van der Waals surface area contributed by atoms with Crippen molar-refractivity contribution in [2.24, 2.45) is 5.92 Å². The van der Waals surface area contributed by atoms with E-state index in [0.717, 1.165) is 10.7 Å². The lowest BCUT2D eigenvalue weighted by molar-refractivity contribution is 0.0940. The first-order chi connectivity index (χ1) is 13.9. The predicted octanol–water partition coefficient (Wildman–Crippen LogP) is 3.05. The van der Waals surface area contributed by atoms with Crippen LogP contribution >= 0.6 is 11.6 Å². The second-order valence-electron chi connectivity index (χ2n) is 6.64. The summed E-state index contributed by atoms with van der Waals surface area (Å²) in [6.45, 7) is 1.87. The minimum absolute atomic E-state index is 0.0970. The van der Waals surface area contributed by atoms with E-state index in [1.54, 1.807) is 31.2 Å². The van der Waals surface area contributed by atoms with Gasteiger partial charge in [-0.3, -0.25) is 9.59 Å². The number of carbonyl (C=O) groups excluding carboxylic acids is 1. The van der Waals surface area contributed by atoms with Gasteiger partial charge in [0.1, 0.15) is 11.4 Å². The molecule has 150 valence electrons. The zero-order valence-electron chi connectivity index (χ0n) is 15.6. The Morgan fingerprint density at radius 3 is 2.62 bits per heavy atom. The van der Waals surface area contributed by atoms with Crippen LogP contribution in [0.25, 0.3) is 16.9 Å². The number of aliphatic hydroxyl groups excluding tert-OH is 1. The Morgan fingerprint density at radius 1 is 1.24 bits per heavy atom. The molecule has 6 nitrogen and oxygen atoms in total. The number of hydrogen-bond acceptors (Lipinski definition) is 4. The van der Waals surface area contributed by atoms with Crippen LogP contribution in [-0.2, 0) is 0 Å². The summed E-state index contributed by atoms with van der Waals surface area (Å²) in [6.07, 6.45) is 0. The van der Waals surface area contributed by atoms with Crippen molar-refractivity contribution in [1.29, 1.82) is 0 Å². The fourth-order valence-corrected chi connectivity index (χ4v) is 2.75. The minimum Gasteiger partial charge on any atom is -0.396 e. The number of aromatic nitrogens is 2. The Hall–Kier alpha value is -3.03. The number of halogens is 2.